The Bertz CT molecular complexity index is 337. The minimum Gasteiger partial charge on any atom is -0.505 e. The van der Waals surface area contributed by atoms with Crippen LogP contribution in [0, 0.1) is 5.82 Å². The maximum Gasteiger partial charge on any atom is 0.165 e. The van der Waals surface area contributed by atoms with Crippen molar-refractivity contribution in [1.29, 1.82) is 0 Å². The lowest BCUT2D eigenvalue weighted by atomic mass is 9.83. The molecule has 0 saturated carbocycles. The lowest BCUT2D eigenvalue weighted by molar-refractivity contribution is 0.428. The van der Waals surface area contributed by atoms with Crippen molar-refractivity contribution >= 4 is 0 Å². The number of benzene rings is 1. The number of aromatic hydroxyl groups is 1. The number of halogens is 1. The molecular formula is C12H17FO. The van der Waals surface area contributed by atoms with E-state index in [4.69, 9.17) is 0 Å². The Hall–Kier alpha value is -1.05. The smallest absolute Gasteiger partial charge is 0.165 e. The highest BCUT2D eigenvalue weighted by molar-refractivity contribution is 5.39. The zero-order valence-corrected chi connectivity index (χ0v) is 9.19. The molecule has 1 aromatic rings. The van der Waals surface area contributed by atoms with Gasteiger partial charge >= 0.3 is 0 Å². The molecule has 0 atom stereocenters. The summed E-state index contributed by atoms with van der Waals surface area (Å²) < 4.78 is 13.2. The fourth-order valence-electron chi connectivity index (χ4n) is 1.60. The molecule has 0 bridgehead atoms. The van der Waals surface area contributed by atoms with E-state index in [2.05, 4.69) is 0 Å². The number of rotatable bonds is 1. The number of hydrogen-bond donors (Lipinski definition) is 1. The molecule has 2 heteroatoms. The van der Waals surface area contributed by atoms with Crippen LogP contribution in [0.2, 0.25) is 0 Å². The van der Waals surface area contributed by atoms with Crippen LogP contribution in [0.15, 0.2) is 12.1 Å². The number of hydrogen-bond acceptors (Lipinski definition) is 1. The lowest BCUT2D eigenvalue weighted by Crippen LogP contribution is -2.14. The van der Waals surface area contributed by atoms with Gasteiger partial charge in [-0.15, -0.1) is 0 Å². The molecule has 1 N–H and O–H groups in total. The van der Waals surface area contributed by atoms with Crippen molar-refractivity contribution in [2.75, 3.05) is 0 Å². The Kier molecular flexibility index (Phi) is 2.84. The van der Waals surface area contributed by atoms with Gasteiger partial charge in [-0.25, -0.2) is 4.39 Å². The molecule has 0 aliphatic rings. The molecule has 0 saturated heterocycles. The van der Waals surface area contributed by atoms with E-state index >= 15 is 0 Å². The molecule has 14 heavy (non-hydrogen) atoms. The van der Waals surface area contributed by atoms with Crippen molar-refractivity contribution in [3.05, 3.63) is 29.1 Å². The summed E-state index contributed by atoms with van der Waals surface area (Å²) in [6.07, 6.45) is 0.806. The maximum atomic E-state index is 13.2. The van der Waals surface area contributed by atoms with E-state index in [9.17, 15) is 9.50 Å². The molecule has 0 fully saturated rings. The average Bonchev–Trinajstić information content (AvgIpc) is 2.07. The highest BCUT2D eigenvalue weighted by Crippen LogP contribution is 2.30. The number of aryl methyl sites for hydroxylation is 1. The Morgan fingerprint density at radius 3 is 2.29 bits per heavy atom. The van der Waals surface area contributed by atoms with Crippen LogP contribution in [-0.2, 0) is 11.8 Å². The van der Waals surface area contributed by atoms with Crippen LogP contribution in [0.25, 0.3) is 0 Å². The fraction of sp³-hybridized carbons (Fsp3) is 0.500. The van der Waals surface area contributed by atoms with Crippen molar-refractivity contribution < 1.29 is 9.50 Å². The Labute approximate surface area is 84.6 Å². The van der Waals surface area contributed by atoms with Crippen molar-refractivity contribution in [3.8, 4) is 5.75 Å². The van der Waals surface area contributed by atoms with E-state index < -0.39 is 5.82 Å². The van der Waals surface area contributed by atoms with Crippen LogP contribution in [0.1, 0.15) is 38.8 Å². The second-order valence-electron chi connectivity index (χ2n) is 4.56. The summed E-state index contributed by atoms with van der Waals surface area (Å²) >= 11 is 0. The van der Waals surface area contributed by atoms with Gasteiger partial charge in [-0.3, -0.25) is 0 Å². The third-order valence-corrected chi connectivity index (χ3v) is 2.36. The van der Waals surface area contributed by atoms with E-state index in [0.717, 1.165) is 17.5 Å². The normalized spacial score (nSPS) is 11.8. The van der Waals surface area contributed by atoms with Crippen molar-refractivity contribution in [2.45, 2.75) is 39.5 Å². The monoisotopic (exact) mass is 196 g/mol. The molecule has 0 aliphatic heterocycles. The quantitative estimate of drug-likeness (QED) is 0.730. The van der Waals surface area contributed by atoms with Crippen molar-refractivity contribution in [3.63, 3.8) is 0 Å². The van der Waals surface area contributed by atoms with Crippen LogP contribution in [0.4, 0.5) is 4.39 Å². The first-order chi connectivity index (χ1) is 6.36. The van der Waals surface area contributed by atoms with E-state index in [1.54, 1.807) is 0 Å². The summed E-state index contributed by atoms with van der Waals surface area (Å²) in [4.78, 5) is 0. The fourth-order valence-corrected chi connectivity index (χ4v) is 1.60. The van der Waals surface area contributed by atoms with Gasteiger partial charge in [-0.2, -0.15) is 0 Å². The summed E-state index contributed by atoms with van der Waals surface area (Å²) in [5, 5.41) is 9.25. The van der Waals surface area contributed by atoms with Crippen LogP contribution in [0.5, 0.6) is 5.75 Å². The van der Waals surface area contributed by atoms with Gasteiger partial charge in [0.15, 0.2) is 11.6 Å². The van der Waals surface area contributed by atoms with Gasteiger partial charge < -0.3 is 5.11 Å². The summed E-state index contributed by atoms with van der Waals surface area (Å²) in [5.74, 6) is -0.790. The first-order valence-corrected chi connectivity index (χ1v) is 4.88. The largest absolute Gasteiger partial charge is 0.505 e. The molecular weight excluding hydrogens is 179 g/mol. The van der Waals surface area contributed by atoms with Crippen LogP contribution >= 0.6 is 0 Å². The van der Waals surface area contributed by atoms with Crippen molar-refractivity contribution in [2.24, 2.45) is 0 Å². The lowest BCUT2D eigenvalue weighted by Gasteiger charge is -2.22. The van der Waals surface area contributed by atoms with Crippen LogP contribution < -0.4 is 0 Å². The first-order valence-electron chi connectivity index (χ1n) is 4.88. The van der Waals surface area contributed by atoms with Gasteiger partial charge in [0, 0.05) is 0 Å². The molecule has 78 valence electrons. The Balaban J connectivity index is 3.35. The highest BCUT2D eigenvalue weighted by Gasteiger charge is 2.19. The second-order valence-corrected chi connectivity index (χ2v) is 4.56. The minimum absolute atomic E-state index is 0.0834. The molecule has 0 aliphatic carbocycles. The van der Waals surface area contributed by atoms with Crippen LogP contribution in [0.3, 0.4) is 0 Å². The average molecular weight is 196 g/mol. The van der Waals surface area contributed by atoms with Gasteiger partial charge in [-0.05, 0) is 35.1 Å². The molecule has 1 rings (SSSR count). The first kappa shape index (κ1) is 11.0. The predicted molar refractivity (Wildman–Crippen MR) is 56.1 cm³/mol. The molecule has 0 unspecified atom stereocenters. The third-order valence-electron chi connectivity index (χ3n) is 2.36. The molecule has 0 heterocycles. The molecule has 0 spiro atoms. The van der Waals surface area contributed by atoms with E-state index in [1.165, 1.54) is 12.1 Å². The van der Waals surface area contributed by atoms with Gasteiger partial charge in [0.2, 0.25) is 0 Å². The predicted octanol–water partition coefficient (Wildman–Crippen LogP) is 3.39. The van der Waals surface area contributed by atoms with Gasteiger partial charge in [0.25, 0.3) is 0 Å². The third kappa shape index (κ3) is 2.06. The zero-order valence-electron chi connectivity index (χ0n) is 9.19. The van der Waals surface area contributed by atoms with E-state index in [-0.39, 0.29) is 11.2 Å². The number of phenols is 1. The maximum absolute atomic E-state index is 13.2. The SMILES string of the molecule is CCc1cc(O)c(F)cc1C(C)(C)C. The van der Waals surface area contributed by atoms with E-state index in [0.29, 0.717) is 0 Å². The van der Waals surface area contributed by atoms with E-state index in [1.807, 2.05) is 27.7 Å². The summed E-state index contributed by atoms with van der Waals surface area (Å²) in [7, 11) is 0. The van der Waals surface area contributed by atoms with Gasteiger partial charge in [0.05, 0.1) is 0 Å². The van der Waals surface area contributed by atoms with Gasteiger partial charge in [0.1, 0.15) is 0 Å². The second kappa shape index (κ2) is 3.60. The topological polar surface area (TPSA) is 20.2 Å². The molecule has 0 aromatic heterocycles. The summed E-state index contributed by atoms with van der Waals surface area (Å²) in [5.41, 5.74) is 1.89. The van der Waals surface area contributed by atoms with Crippen molar-refractivity contribution in [1.82, 2.24) is 0 Å². The van der Waals surface area contributed by atoms with Gasteiger partial charge in [-0.1, -0.05) is 27.7 Å². The molecule has 0 amide bonds. The molecule has 0 radical (unpaired) electrons. The van der Waals surface area contributed by atoms with Crippen LogP contribution in [-0.4, -0.2) is 5.11 Å². The molecule has 1 aromatic carbocycles. The zero-order chi connectivity index (χ0) is 10.9. The summed E-state index contributed by atoms with van der Waals surface area (Å²) in [6, 6.07) is 2.96. The molecule has 1 nitrogen and oxygen atoms in total. The number of phenolic OH excluding ortho intramolecular Hbond substituents is 1. The Morgan fingerprint density at radius 1 is 1.29 bits per heavy atom. The summed E-state index contributed by atoms with van der Waals surface area (Å²) in [6.45, 7) is 8.12. The highest BCUT2D eigenvalue weighted by atomic mass is 19.1. The standard InChI is InChI=1S/C12H17FO/c1-5-8-6-11(14)10(13)7-9(8)12(2,3)4/h6-7,14H,5H2,1-4H3. The minimum atomic E-state index is -0.535. The Morgan fingerprint density at radius 2 is 1.86 bits per heavy atom.